The smallest absolute Gasteiger partial charge is 0.304 e. The van der Waals surface area contributed by atoms with E-state index in [1.807, 2.05) is 45.0 Å². The quantitative estimate of drug-likeness (QED) is 0.833. The lowest BCUT2D eigenvalue weighted by Gasteiger charge is -2.23. The summed E-state index contributed by atoms with van der Waals surface area (Å²) in [5, 5.41) is 8.82. The first-order valence-electron chi connectivity index (χ1n) is 5.41. The van der Waals surface area contributed by atoms with Crippen LogP contribution in [0.25, 0.3) is 0 Å². The summed E-state index contributed by atoms with van der Waals surface area (Å²) >= 11 is 0. The lowest BCUT2D eigenvalue weighted by molar-refractivity contribution is -0.138. The van der Waals surface area contributed by atoms with Crippen molar-refractivity contribution in [3.8, 4) is 5.75 Å². The molecule has 0 saturated heterocycles. The maximum atomic E-state index is 10.7. The van der Waals surface area contributed by atoms with Gasteiger partial charge in [0.2, 0.25) is 0 Å². The van der Waals surface area contributed by atoms with Gasteiger partial charge in [-0.25, -0.2) is 0 Å². The molecule has 0 amide bonds. The Morgan fingerprint density at radius 2 is 1.88 bits per heavy atom. The Kier molecular flexibility index (Phi) is 3.93. The van der Waals surface area contributed by atoms with Crippen molar-refractivity contribution in [1.82, 2.24) is 0 Å². The molecule has 0 unspecified atom stereocenters. The van der Waals surface area contributed by atoms with Crippen molar-refractivity contribution in [2.75, 3.05) is 6.61 Å². The number of benzene rings is 1. The van der Waals surface area contributed by atoms with Gasteiger partial charge in [0.1, 0.15) is 5.75 Å². The molecule has 3 heteroatoms. The van der Waals surface area contributed by atoms with Crippen molar-refractivity contribution in [3.05, 3.63) is 29.8 Å². The van der Waals surface area contributed by atoms with Crippen LogP contribution in [-0.4, -0.2) is 17.7 Å². The van der Waals surface area contributed by atoms with E-state index in [0.29, 0.717) is 6.61 Å². The van der Waals surface area contributed by atoms with Gasteiger partial charge in [-0.05, 0) is 24.6 Å². The van der Waals surface area contributed by atoms with Crippen LogP contribution in [0.5, 0.6) is 5.75 Å². The van der Waals surface area contributed by atoms with Crippen LogP contribution in [0.15, 0.2) is 24.3 Å². The number of ether oxygens (including phenoxy) is 1. The number of rotatable bonds is 5. The number of carboxylic acid groups (broad SMARTS) is 1. The maximum Gasteiger partial charge on any atom is 0.304 e. The van der Waals surface area contributed by atoms with Gasteiger partial charge in [-0.15, -0.1) is 0 Å². The van der Waals surface area contributed by atoms with Gasteiger partial charge >= 0.3 is 5.97 Å². The molecular formula is C13H18O3. The highest BCUT2D eigenvalue weighted by atomic mass is 16.5. The van der Waals surface area contributed by atoms with E-state index in [0.717, 1.165) is 11.3 Å². The average Bonchev–Trinajstić information content (AvgIpc) is 2.17. The monoisotopic (exact) mass is 222 g/mol. The van der Waals surface area contributed by atoms with Crippen LogP contribution in [0, 0.1) is 0 Å². The normalized spacial score (nSPS) is 11.2. The van der Waals surface area contributed by atoms with E-state index in [1.165, 1.54) is 0 Å². The molecule has 0 radical (unpaired) electrons. The van der Waals surface area contributed by atoms with Gasteiger partial charge in [0.15, 0.2) is 0 Å². The number of carbonyl (C=O) groups is 1. The molecule has 0 saturated carbocycles. The van der Waals surface area contributed by atoms with Gasteiger partial charge in [-0.1, -0.05) is 26.0 Å². The minimum Gasteiger partial charge on any atom is -0.494 e. The number of carboxylic acids is 1. The Morgan fingerprint density at radius 1 is 1.31 bits per heavy atom. The van der Waals surface area contributed by atoms with Gasteiger partial charge in [-0.3, -0.25) is 4.79 Å². The molecule has 0 bridgehead atoms. The molecule has 3 nitrogen and oxygen atoms in total. The zero-order valence-corrected chi connectivity index (χ0v) is 9.99. The Hall–Kier alpha value is -1.51. The Balaban J connectivity index is 2.83. The molecule has 1 aromatic rings. The Morgan fingerprint density at radius 3 is 2.31 bits per heavy atom. The Labute approximate surface area is 96.1 Å². The summed E-state index contributed by atoms with van der Waals surface area (Å²) in [6.45, 7) is 6.42. The first kappa shape index (κ1) is 12.6. The molecule has 0 atom stereocenters. The maximum absolute atomic E-state index is 10.7. The number of hydrogen-bond donors (Lipinski definition) is 1. The topological polar surface area (TPSA) is 46.5 Å². The molecule has 88 valence electrons. The van der Waals surface area contributed by atoms with E-state index < -0.39 is 5.97 Å². The molecule has 1 rings (SSSR count). The summed E-state index contributed by atoms with van der Waals surface area (Å²) in [7, 11) is 0. The van der Waals surface area contributed by atoms with E-state index in [1.54, 1.807) is 0 Å². The van der Waals surface area contributed by atoms with E-state index in [-0.39, 0.29) is 11.8 Å². The van der Waals surface area contributed by atoms with Crippen LogP contribution in [0.2, 0.25) is 0 Å². The molecule has 0 spiro atoms. The second kappa shape index (κ2) is 5.01. The lowest BCUT2D eigenvalue weighted by Crippen LogP contribution is -2.21. The fourth-order valence-corrected chi connectivity index (χ4v) is 1.65. The third-order valence-corrected chi connectivity index (χ3v) is 2.54. The first-order valence-corrected chi connectivity index (χ1v) is 5.41. The second-order valence-corrected chi connectivity index (χ2v) is 4.41. The molecule has 1 N–H and O–H groups in total. The third-order valence-electron chi connectivity index (χ3n) is 2.54. The number of hydrogen-bond acceptors (Lipinski definition) is 2. The first-order chi connectivity index (χ1) is 7.45. The molecule has 0 aliphatic rings. The average molecular weight is 222 g/mol. The minimum absolute atomic E-state index is 0.126. The minimum atomic E-state index is -0.779. The van der Waals surface area contributed by atoms with E-state index >= 15 is 0 Å². The molecule has 0 aliphatic heterocycles. The molecule has 0 aromatic heterocycles. The summed E-state index contributed by atoms with van der Waals surface area (Å²) in [6, 6.07) is 7.60. The fraction of sp³-hybridized carbons (Fsp3) is 0.462. The molecule has 0 fully saturated rings. The van der Waals surface area contributed by atoms with Crippen molar-refractivity contribution >= 4 is 5.97 Å². The third kappa shape index (κ3) is 3.26. The summed E-state index contributed by atoms with van der Waals surface area (Å²) in [4.78, 5) is 10.7. The largest absolute Gasteiger partial charge is 0.494 e. The molecule has 16 heavy (non-hydrogen) atoms. The van der Waals surface area contributed by atoms with Crippen molar-refractivity contribution < 1.29 is 14.6 Å². The van der Waals surface area contributed by atoms with Crippen molar-refractivity contribution in [2.24, 2.45) is 0 Å². The highest BCUT2D eigenvalue weighted by Gasteiger charge is 2.23. The van der Waals surface area contributed by atoms with Gasteiger partial charge in [0, 0.05) is 5.41 Å². The SMILES string of the molecule is CCOc1ccc(C(C)(C)CC(=O)O)cc1. The Bertz CT molecular complexity index is 352. The fourth-order valence-electron chi connectivity index (χ4n) is 1.65. The number of aliphatic carboxylic acids is 1. The van der Waals surface area contributed by atoms with Crippen molar-refractivity contribution in [1.29, 1.82) is 0 Å². The van der Waals surface area contributed by atoms with Gasteiger partial charge < -0.3 is 9.84 Å². The van der Waals surface area contributed by atoms with Crippen LogP contribution >= 0.6 is 0 Å². The van der Waals surface area contributed by atoms with Gasteiger partial charge in [0.25, 0.3) is 0 Å². The lowest BCUT2D eigenvalue weighted by atomic mass is 9.82. The van der Waals surface area contributed by atoms with Crippen molar-refractivity contribution in [3.63, 3.8) is 0 Å². The van der Waals surface area contributed by atoms with Gasteiger partial charge in [0.05, 0.1) is 13.0 Å². The summed E-state index contributed by atoms with van der Waals surface area (Å²) in [5.74, 6) is 0.0382. The molecule has 0 heterocycles. The molecule has 1 aromatic carbocycles. The summed E-state index contributed by atoms with van der Waals surface area (Å²) in [5.41, 5.74) is 0.662. The second-order valence-electron chi connectivity index (χ2n) is 4.41. The predicted molar refractivity (Wildman–Crippen MR) is 62.9 cm³/mol. The van der Waals surface area contributed by atoms with Crippen LogP contribution in [0.3, 0.4) is 0 Å². The molecular weight excluding hydrogens is 204 g/mol. The predicted octanol–water partition coefficient (Wildman–Crippen LogP) is 2.84. The van der Waals surface area contributed by atoms with Crippen LogP contribution in [-0.2, 0) is 10.2 Å². The zero-order valence-electron chi connectivity index (χ0n) is 9.99. The van der Waals surface area contributed by atoms with E-state index in [9.17, 15) is 4.79 Å². The van der Waals surface area contributed by atoms with Crippen LogP contribution in [0.1, 0.15) is 32.8 Å². The highest BCUT2D eigenvalue weighted by molar-refractivity contribution is 5.68. The highest BCUT2D eigenvalue weighted by Crippen LogP contribution is 2.28. The van der Waals surface area contributed by atoms with Crippen LogP contribution in [0.4, 0.5) is 0 Å². The van der Waals surface area contributed by atoms with E-state index in [4.69, 9.17) is 9.84 Å². The summed E-state index contributed by atoms with van der Waals surface area (Å²) < 4.78 is 5.34. The standard InChI is InChI=1S/C13H18O3/c1-4-16-11-7-5-10(6-8-11)13(2,3)9-12(14)15/h5-8H,4,9H2,1-3H3,(H,14,15). The summed E-state index contributed by atoms with van der Waals surface area (Å²) in [6.07, 6.45) is 0.126. The van der Waals surface area contributed by atoms with Crippen LogP contribution < -0.4 is 4.74 Å². The zero-order chi connectivity index (χ0) is 12.2. The van der Waals surface area contributed by atoms with E-state index in [2.05, 4.69) is 0 Å². The van der Waals surface area contributed by atoms with Gasteiger partial charge in [-0.2, -0.15) is 0 Å². The molecule has 0 aliphatic carbocycles. The van der Waals surface area contributed by atoms with Crippen molar-refractivity contribution in [2.45, 2.75) is 32.6 Å².